The SMILES string of the molecule is Cc1c(-c2ccnn2-c2ccc(C#N)cc2)n(C(=O)N[C@H]2CC[C@H](N(C)C)CC2)c(=O)n1-c1cccc(C(F)(F)F)c1. The molecule has 9 nitrogen and oxygen atoms in total. The van der Waals surface area contributed by atoms with Crippen molar-refractivity contribution in [3.63, 3.8) is 0 Å². The van der Waals surface area contributed by atoms with E-state index in [2.05, 4.69) is 21.4 Å². The molecule has 2 heterocycles. The van der Waals surface area contributed by atoms with Crippen LogP contribution in [-0.4, -0.2) is 56.0 Å². The van der Waals surface area contributed by atoms with Gasteiger partial charge in [0.1, 0.15) is 5.69 Å². The van der Waals surface area contributed by atoms with Crippen molar-refractivity contribution in [1.29, 1.82) is 5.26 Å². The molecule has 1 aliphatic rings. The van der Waals surface area contributed by atoms with Crippen molar-refractivity contribution in [2.75, 3.05) is 14.1 Å². The summed E-state index contributed by atoms with van der Waals surface area (Å²) in [6.07, 6.45) is 0.120. The van der Waals surface area contributed by atoms with Gasteiger partial charge in [0.2, 0.25) is 0 Å². The first-order valence-electron chi connectivity index (χ1n) is 13.5. The summed E-state index contributed by atoms with van der Waals surface area (Å²) in [6, 6.07) is 14.3. The number of nitrogens with one attached hydrogen (secondary N) is 1. The number of rotatable bonds is 5. The zero-order chi connectivity index (χ0) is 30.2. The van der Waals surface area contributed by atoms with E-state index in [9.17, 15) is 28.0 Å². The number of hydrogen-bond acceptors (Lipinski definition) is 5. The number of amides is 1. The molecular formula is C30H30F3N7O2. The van der Waals surface area contributed by atoms with E-state index in [4.69, 9.17) is 0 Å². The lowest BCUT2D eigenvalue weighted by molar-refractivity contribution is -0.137. The average Bonchev–Trinajstić information content (AvgIpc) is 3.54. The molecule has 0 bridgehead atoms. The first-order valence-corrected chi connectivity index (χ1v) is 13.5. The molecule has 0 unspecified atom stereocenters. The van der Waals surface area contributed by atoms with Gasteiger partial charge in [-0.1, -0.05) is 6.07 Å². The van der Waals surface area contributed by atoms with Crippen LogP contribution < -0.4 is 11.0 Å². The van der Waals surface area contributed by atoms with Gasteiger partial charge >= 0.3 is 17.9 Å². The van der Waals surface area contributed by atoms with Gasteiger partial charge in [-0.05, 0) is 95.2 Å². The molecule has 1 amide bonds. The maximum atomic E-state index is 13.9. The molecular weight excluding hydrogens is 547 g/mol. The third-order valence-electron chi connectivity index (χ3n) is 7.80. The van der Waals surface area contributed by atoms with E-state index in [-0.39, 0.29) is 23.1 Å². The summed E-state index contributed by atoms with van der Waals surface area (Å²) in [5.74, 6) is 0. The van der Waals surface area contributed by atoms with Crippen molar-refractivity contribution in [1.82, 2.24) is 29.1 Å². The van der Waals surface area contributed by atoms with E-state index in [0.29, 0.717) is 23.0 Å². The minimum Gasteiger partial charge on any atom is -0.335 e. The van der Waals surface area contributed by atoms with Crippen LogP contribution >= 0.6 is 0 Å². The first-order chi connectivity index (χ1) is 20.0. The summed E-state index contributed by atoms with van der Waals surface area (Å²) in [5, 5.41) is 16.6. The van der Waals surface area contributed by atoms with Gasteiger partial charge in [-0.25, -0.2) is 18.8 Å². The summed E-state index contributed by atoms with van der Waals surface area (Å²) in [4.78, 5) is 29.9. The van der Waals surface area contributed by atoms with Crippen molar-refractivity contribution in [3.05, 3.63) is 88.1 Å². The predicted octanol–water partition coefficient (Wildman–Crippen LogP) is 5.12. The normalized spacial score (nSPS) is 17.3. The predicted molar refractivity (Wildman–Crippen MR) is 151 cm³/mol. The van der Waals surface area contributed by atoms with Gasteiger partial charge in [0.15, 0.2) is 0 Å². The number of halogens is 3. The van der Waals surface area contributed by atoms with Gasteiger partial charge in [0, 0.05) is 12.1 Å². The number of alkyl halides is 3. The fourth-order valence-electron chi connectivity index (χ4n) is 5.56. The molecule has 0 atom stereocenters. The Morgan fingerprint density at radius 3 is 2.36 bits per heavy atom. The molecule has 1 aliphatic carbocycles. The Kier molecular flexibility index (Phi) is 7.79. The zero-order valence-corrected chi connectivity index (χ0v) is 23.4. The van der Waals surface area contributed by atoms with Gasteiger partial charge in [0.05, 0.1) is 46.2 Å². The number of aromatic nitrogens is 4. The highest BCUT2D eigenvalue weighted by Gasteiger charge is 2.33. The van der Waals surface area contributed by atoms with Gasteiger partial charge < -0.3 is 10.2 Å². The van der Waals surface area contributed by atoms with Crippen LogP contribution in [0.3, 0.4) is 0 Å². The molecule has 4 aromatic rings. The molecule has 1 N–H and O–H groups in total. The Hall–Kier alpha value is -4.63. The van der Waals surface area contributed by atoms with Crippen molar-refractivity contribution in [3.8, 4) is 28.8 Å². The van der Waals surface area contributed by atoms with E-state index >= 15 is 0 Å². The number of hydrogen-bond donors (Lipinski definition) is 1. The molecule has 0 aliphatic heterocycles. The molecule has 12 heteroatoms. The highest BCUT2D eigenvalue weighted by atomic mass is 19.4. The highest BCUT2D eigenvalue weighted by molar-refractivity contribution is 5.83. The lowest BCUT2D eigenvalue weighted by atomic mass is 9.90. The van der Waals surface area contributed by atoms with E-state index in [1.807, 2.05) is 14.1 Å². The van der Waals surface area contributed by atoms with E-state index in [1.54, 1.807) is 37.3 Å². The fourth-order valence-corrected chi connectivity index (χ4v) is 5.56. The van der Waals surface area contributed by atoms with Crippen LogP contribution in [0.1, 0.15) is 42.5 Å². The molecule has 5 rings (SSSR count). The Labute approximate surface area is 240 Å². The molecule has 1 fully saturated rings. The third kappa shape index (κ3) is 5.47. The number of benzene rings is 2. The lowest BCUT2D eigenvalue weighted by Gasteiger charge is -2.32. The molecule has 0 spiro atoms. The lowest BCUT2D eigenvalue weighted by Crippen LogP contribution is -2.45. The number of imidazole rings is 1. The Balaban J connectivity index is 1.63. The summed E-state index contributed by atoms with van der Waals surface area (Å²) in [5.41, 5.74) is 0.128. The zero-order valence-electron chi connectivity index (χ0n) is 23.4. The molecule has 0 radical (unpaired) electrons. The van der Waals surface area contributed by atoms with Gasteiger partial charge in [0.25, 0.3) is 0 Å². The van der Waals surface area contributed by atoms with E-state index < -0.39 is 23.5 Å². The Bertz CT molecular complexity index is 1700. The Morgan fingerprint density at radius 1 is 1.05 bits per heavy atom. The minimum absolute atomic E-state index is 0.0175. The standard InChI is InChI=1S/C30H30F3N7O2/c1-19-27(26-15-16-35-40(26)24-11-7-20(18-34)8-12-24)39(28(41)36-22-9-13-23(14-10-22)37(2)3)29(42)38(19)25-6-4-5-21(17-25)30(31,32)33/h4-8,11-12,15-17,22-23H,9-10,13-14H2,1-3H3,(H,36,41)/t22-,23-. The van der Waals surface area contributed by atoms with Crippen LogP contribution in [0.15, 0.2) is 65.6 Å². The minimum atomic E-state index is -4.62. The monoisotopic (exact) mass is 577 g/mol. The maximum Gasteiger partial charge on any atom is 0.416 e. The largest absolute Gasteiger partial charge is 0.416 e. The fraction of sp³-hybridized carbons (Fsp3) is 0.333. The van der Waals surface area contributed by atoms with Crippen molar-refractivity contribution >= 4 is 6.03 Å². The number of carbonyl (C=O) groups excluding carboxylic acids is 1. The van der Waals surface area contributed by atoms with Crippen LogP contribution in [-0.2, 0) is 6.18 Å². The molecule has 218 valence electrons. The van der Waals surface area contributed by atoms with Crippen molar-refractivity contribution < 1.29 is 18.0 Å². The summed E-state index contributed by atoms with van der Waals surface area (Å²) < 4.78 is 44.3. The summed E-state index contributed by atoms with van der Waals surface area (Å²) in [6.45, 7) is 1.58. The average molecular weight is 578 g/mol. The van der Waals surface area contributed by atoms with Crippen LogP contribution in [0.4, 0.5) is 18.0 Å². The summed E-state index contributed by atoms with van der Waals surface area (Å²) in [7, 11) is 4.04. The number of nitrogens with zero attached hydrogens (tertiary/aromatic N) is 6. The van der Waals surface area contributed by atoms with Gasteiger partial charge in [-0.2, -0.15) is 23.5 Å². The molecule has 2 aromatic carbocycles. The summed E-state index contributed by atoms with van der Waals surface area (Å²) >= 11 is 0. The van der Waals surface area contributed by atoms with Crippen LogP contribution in [0.25, 0.3) is 22.8 Å². The van der Waals surface area contributed by atoms with Crippen molar-refractivity contribution in [2.24, 2.45) is 0 Å². The second-order valence-electron chi connectivity index (χ2n) is 10.6. The topological polar surface area (TPSA) is 101 Å². The molecule has 0 saturated heterocycles. The molecule has 42 heavy (non-hydrogen) atoms. The second kappa shape index (κ2) is 11.3. The number of carbonyl (C=O) groups is 1. The second-order valence-corrected chi connectivity index (χ2v) is 10.6. The third-order valence-corrected chi connectivity index (χ3v) is 7.80. The van der Waals surface area contributed by atoms with E-state index in [0.717, 1.165) is 47.0 Å². The first kappa shape index (κ1) is 28.9. The Morgan fingerprint density at radius 2 is 1.74 bits per heavy atom. The quantitative estimate of drug-likeness (QED) is 0.355. The maximum absolute atomic E-state index is 13.9. The highest BCUT2D eigenvalue weighted by Crippen LogP contribution is 2.32. The molecule has 2 aromatic heterocycles. The van der Waals surface area contributed by atoms with Crippen LogP contribution in [0, 0.1) is 18.3 Å². The van der Waals surface area contributed by atoms with Crippen LogP contribution in [0.2, 0.25) is 0 Å². The van der Waals surface area contributed by atoms with Gasteiger partial charge in [-0.3, -0.25) is 4.57 Å². The van der Waals surface area contributed by atoms with E-state index in [1.165, 1.54) is 23.0 Å². The van der Waals surface area contributed by atoms with Crippen LogP contribution in [0.5, 0.6) is 0 Å². The smallest absolute Gasteiger partial charge is 0.335 e. The van der Waals surface area contributed by atoms with Crippen molar-refractivity contribution in [2.45, 2.75) is 50.9 Å². The van der Waals surface area contributed by atoms with Gasteiger partial charge in [-0.15, -0.1) is 0 Å². The number of nitriles is 1. The molecule has 1 saturated carbocycles.